The van der Waals surface area contributed by atoms with Crippen molar-refractivity contribution in [2.45, 2.75) is 51.0 Å². The van der Waals surface area contributed by atoms with Crippen molar-refractivity contribution >= 4 is 21.6 Å². The molecule has 1 fully saturated rings. The Morgan fingerprint density at radius 3 is 2.32 bits per heavy atom. The lowest BCUT2D eigenvalue weighted by molar-refractivity contribution is -0.115. The molecule has 140 valence electrons. The zero-order valence-electron chi connectivity index (χ0n) is 15.3. The molecular weight excluding hydrogens is 338 g/mol. The van der Waals surface area contributed by atoms with Crippen LogP contribution in [0.3, 0.4) is 0 Å². The molecule has 1 aliphatic heterocycles. The van der Waals surface area contributed by atoms with Crippen molar-refractivity contribution in [3.8, 4) is 0 Å². The van der Waals surface area contributed by atoms with E-state index >= 15 is 0 Å². The molecule has 0 spiro atoms. The third kappa shape index (κ3) is 5.80. The largest absolute Gasteiger partial charge is 0.326 e. The molecule has 1 aromatic carbocycles. The van der Waals surface area contributed by atoms with E-state index in [4.69, 9.17) is 0 Å². The van der Waals surface area contributed by atoms with E-state index in [1.807, 2.05) is 0 Å². The van der Waals surface area contributed by atoms with Gasteiger partial charge < -0.3 is 10.2 Å². The maximum Gasteiger partial charge on any atom is 0.240 e. The number of benzene rings is 1. The molecule has 0 bridgehead atoms. The van der Waals surface area contributed by atoms with Crippen LogP contribution in [-0.2, 0) is 14.8 Å². The van der Waals surface area contributed by atoms with Crippen LogP contribution in [0.2, 0.25) is 0 Å². The van der Waals surface area contributed by atoms with Crippen LogP contribution in [0.15, 0.2) is 29.2 Å². The van der Waals surface area contributed by atoms with E-state index in [1.54, 1.807) is 19.1 Å². The molecule has 25 heavy (non-hydrogen) atoms. The number of carbonyl (C=O) groups is 1. The summed E-state index contributed by atoms with van der Waals surface area (Å²) >= 11 is 0. The molecule has 0 unspecified atom stereocenters. The first-order valence-corrected chi connectivity index (χ1v) is 10.4. The number of rotatable bonds is 7. The van der Waals surface area contributed by atoms with Crippen molar-refractivity contribution in [3.63, 3.8) is 0 Å². The van der Waals surface area contributed by atoms with Crippen LogP contribution < -0.4 is 10.0 Å². The van der Waals surface area contributed by atoms with Crippen molar-refractivity contribution in [1.82, 2.24) is 9.62 Å². The number of hydrogen-bond acceptors (Lipinski definition) is 4. The molecular formula is C18H29N3O3S. The van der Waals surface area contributed by atoms with Gasteiger partial charge in [-0.2, -0.15) is 0 Å². The van der Waals surface area contributed by atoms with Gasteiger partial charge in [0, 0.05) is 24.7 Å². The van der Waals surface area contributed by atoms with Gasteiger partial charge in [0.2, 0.25) is 15.9 Å². The molecule has 0 radical (unpaired) electrons. The van der Waals surface area contributed by atoms with E-state index in [2.05, 4.69) is 28.8 Å². The van der Waals surface area contributed by atoms with Crippen LogP contribution in [0.1, 0.15) is 40.0 Å². The fourth-order valence-corrected chi connectivity index (χ4v) is 4.07. The van der Waals surface area contributed by atoms with Gasteiger partial charge in [-0.3, -0.25) is 4.79 Å². The third-order valence-electron chi connectivity index (χ3n) is 4.71. The van der Waals surface area contributed by atoms with Gasteiger partial charge in [0.25, 0.3) is 0 Å². The molecule has 0 saturated carbocycles. The van der Waals surface area contributed by atoms with E-state index < -0.39 is 10.0 Å². The molecule has 0 aromatic heterocycles. The second-order valence-corrected chi connectivity index (χ2v) is 8.62. The first kappa shape index (κ1) is 19.9. The molecule has 6 nitrogen and oxygen atoms in total. The molecule has 2 rings (SSSR count). The summed E-state index contributed by atoms with van der Waals surface area (Å²) in [6, 6.07) is 6.82. The van der Waals surface area contributed by atoms with E-state index in [0.29, 0.717) is 30.6 Å². The van der Waals surface area contributed by atoms with E-state index in [1.165, 1.54) is 12.1 Å². The summed E-state index contributed by atoms with van der Waals surface area (Å²) < 4.78 is 27.6. The summed E-state index contributed by atoms with van der Waals surface area (Å²) in [6.07, 6.45) is 2.42. The van der Waals surface area contributed by atoms with Crippen LogP contribution in [0.5, 0.6) is 0 Å². The number of carbonyl (C=O) groups excluding carboxylic acids is 1. The van der Waals surface area contributed by atoms with Crippen molar-refractivity contribution in [3.05, 3.63) is 24.3 Å². The molecule has 1 aliphatic rings. The van der Waals surface area contributed by atoms with Gasteiger partial charge in [-0.05, 0) is 70.0 Å². The van der Waals surface area contributed by atoms with Gasteiger partial charge in [0.1, 0.15) is 0 Å². The maximum absolute atomic E-state index is 12.4. The minimum Gasteiger partial charge on any atom is -0.326 e. The lowest BCUT2D eigenvalue weighted by Gasteiger charge is -2.34. The van der Waals surface area contributed by atoms with Crippen LogP contribution in [-0.4, -0.2) is 44.9 Å². The summed E-state index contributed by atoms with van der Waals surface area (Å²) in [5.74, 6) is 0.286. The number of nitrogens with one attached hydrogen (secondary N) is 2. The summed E-state index contributed by atoms with van der Waals surface area (Å²) in [4.78, 5) is 14.0. The minimum absolute atomic E-state index is 0.0959. The Hall–Kier alpha value is -1.44. The highest BCUT2D eigenvalue weighted by Gasteiger charge is 2.23. The number of piperidine rings is 1. The quantitative estimate of drug-likeness (QED) is 0.776. The number of sulfonamides is 1. The lowest BCUT2D eigenvalue weighted by atomic mass is 9.96. The van der Waals surface area contributed by atoms with Crippen molar-refractivity contribution in [2.75, 3.05) is 25.0 Å². The molecule has 1 aromatic rings. The predicted octanol–water partition coefficient (Wildman–Crippen LogP) is 2.43. The number of nitrogens with zero attached hydrogens (tertiary/aromatic N) is 1. The first-order chi connectivity index (χ1) is 11.8. The zero-order chi connectivity index (χ0) is 18.4. The standard InChI is InChI=1S/C18H29N3O3S/c1-4-18(22)20-16-5-7-17(8-6-16)25(23,24)19-13-15-9-11-21(12-10-15)14(2)3/h5-8,14-15,19H,4,9-13H2,1-3H3,(H,20,22). The molecule has 0 aliphatic carbocycles. The number of hydrogen-bond donors (Lipinski definition) is 2. The second-order valence-electron chi connectivity index (χ2n) is 6.85. The highest BCUT2D eigenvalue weighted by Crippen LogP contribution is 2.19. The molecule has 1 amide bonds. The Kier molecular flexibility index (Phi) is 6.98. The van der Waals surface area contributed by atoms with Crippen LogP contribution >= 0.6 is 0 Å². The highest BCUT2D eigenvalue weighted by molar-refractivity contribution is 7.89. The molecule has 0 atom stereocenters. The molecule has 1 saturated heterocycles. The summed E-state index contributed by atoms with van der Waals surface area (Å²) in [5.41, 5.74) is 0.604. The van der Waals surface area contributed by atoms with Crippen molar-refractivity contribution in [1.29, 1.82) is 0 Å². The van der Waals surface area contributed by atoms with E-state index in [0.717, 1.165) is 25.9 Å². The molecule has 2 N–H and O–H groups in total. The SMILES string of the molecule is CCC(=O)Nc1ccc(S(=O)(=O)NCC2CCN(C(C)C)CC2)cc1. The Labute approximate surface area is 151 Å². The van der Waals surface area contributed by atoms with Gasteiger partial charge in [-0.15, -0.1) is 0 Å². The summed E-state index contributed by atoms with van der Waals surface area (Å²) in [7, 11) is -3.52. The van der Waals surface area contributed by atoms with Gasteiger partial charge in [-0.25, -0.2) is 13.1 Å². The minimum atomic E-state index is -3.52. The zero-order valence-corrected chi connectivity index (χ0v) is 16.1. The fourth-order valence-electron chi connectivity index (χ4n) is 2.95. The Balaban J connectivity index is 1.88. The highest BCUT2D eigenvalue weighted by atomic mass is 32.2. The van der Waals surface area contributed by atoms with Crippen molar-refractivity contribution < 1.29 is 13.2 Å². The first-order valence-electron chi connectivity index (χ1n) is 8.95. The predicted molar refractivity (Wildman–Crippen MR) is 100.0 cm³/mol. The molecule has 7 heteroatoms. The Bertz CT molecular complexity index is 663. The lowest BCUT2D eigenvalue weighted by Crippen LogP contribution is -2.41. The topological polar surface area (TPSA) is 78.5 Å². The van der Waals surface area contributed by atoms with E-state index in [9.17, 15) is 13.2 Å². The van der Waals surface area contributed by atoms with Crippen LogP contribution in [0, 0.1) is 5.92 Å². The summed E-state index contributed by atoms with van der Waals surface area (Å²) in [6.45, 7) is 8.67. The van der Waals surface area contributed by atoms with Crippen molar-refractivity contribution in [2.24, 2.45) is 5.92 Å². The Morgan fingerprint density at radius 2 is 1.80 bits per heavy atom. The van der Waals surface area contributed by atoms with E-state index in [-0.39, 0.29) is 10.8 Å². The van der Waals surface area contributed by atoms with Gasteiger partial charge in [0.05, 0.1) is 4.90 Å². The number of amides is 1. The smallest absolute Gasteiger partial charge is 0.240 e. The summed E-state index contributed by atoms with van der Waals surface area (Å²) in [5, 5.41) is 2.71. The number of likely N-dealkylation sites (tertiary alicyclic amines) is 1. The van der Waals surface area contributed by atoms with Crippen LogP contribution in [0.25, 0.3) is 0 Å². The second kappa shape index (κ2) is 8.78. The van der Waals surface area contributed by atoms with Gasteiger partial charge in [0.15, 0.2) is 0 Å². The van der Waals surface area contributed by atoms with Gasteiger partial charge in [-0.1, -0.05) is 6.92 Å². The molecule has 1 heterocycles. The maximum atomic E-state index is 12.4. The van der Waals surface area contributed by atoms with Gasteiger partial charge >= 0.3 is 0 Å². The number of anilines is 1. The monoisotopic (exact) mass is 367 g/mol. The average Bonchev–Trinajstić information content (AvgIpc) is 2.60. The fraction of sp³-hybridized carbons (Fsp3) is 0.611. The average molecular weight is 368 g/mol. The Morgan fingerprint density at radius 1 is 1.20 bits per heavy atom. The third-order valence-corrected chi connectivity index (χ3v) is 6.15. The van der Waals surface area contributed by atoms with Crippen LogP contribution in [0.4, 0.5) is 5.69 Å². The normalized spacial score (nSPS) is 17.0.